The normalized spacial score (nSPS) is 22.5. The third-order valence-corrected chi connectivity index (χ3v) is 5.14. The molecule has 3 unspecified atom stereocenters. The van der Waals surface area contributed by atoms with Crippen molar-refractivity contribution in [2.75, 3.05) is 0 Å². The van der Waals surface area contributed by atoms with Crippen LogP contribution in [0.25, 0.3) is 4.96 Å². The number of thiazole rings is 1. The molecular weight excluding hydrogens is 280 g/mol. The van der Waals surface area contributed by atoms with Crippen LogP contribution >= 0.6 is 11.3 Å². The van der Waals surface area contributed by atoms with Gasteiger partial charge in [0.15, 0.2) is 4.96 Å². The molecule has 2 aromatic heterocycles. The molecule has 3 N–H and O–H groups in total. The number of aromatic nitrogens is 2. The second-order valence-corrected chi connectivity index (χ2v) is 6.59. The van der Waals surface area contributed by atoms with Gasteiger partial charge in [0.2, 0.25) is 0 Å². The maximum absolute atomic E-state index is 5.79. The van der Waals surface area contributed by atoms with Gasteiger partial charge >= 0.3 is 0 Å². The van der Waals surface area contributed by atoms with E-state index in [9.17, 15) is 0 Å². The van der Waals surface area contributed by atoms with Gasteiger partial charge in [-0.15, -0.1) is 11.3 Å². The van der Waals surface area contributed by atoms with Crippen LogP contribution in [-0.4, -0.2) is 15.4 Å². The van der Waals surface area contributed by atoms with E-state index in [2.05, 4.69) is 56.7 Å². The third-order valence-electron chi connectivity index (χ3n) is 4.37. The average Bonchev–Trinajstić information content (AvgIpc) is 3.04. The van der Waals surface area contributed by atoms with E-state index in [0.29, 0.717) is 17.9 Å². The Morgan fingerprint density at radius 3 is 3.00 bits per heavy atom. The quantitative estimate of drug-likeness (QED) is 0.562. The minimum atomic E-state index is 0.291. The zero-order valence-corrected chi connectivity index (χ0v) is 12.5. The van der Waals surface area contributed by atoms with Crippen molar-refractivity contribution in [3.63, 3.8) is 0 Å². The molecule has 0 bridgehead atoms. The Balaban J connectivity index is 1.47. The summed E-state index contributed by atoms with van der Waals surface area (Å²) in [6.45, 7) is 0. The van der Waals surface area contributed by atoms with Gasteiger partial charge in [0.05, 0.1) is 5.69 Å². The van der Waals surface area contributed by atoms with Crippen LogP contribution in [0.5, 0.6) is 0 Å². The van der Waals surface area contributed by atoms with Gasteiger partial charge in [-0.1, -0.05) is 30.3 Å². The third kappa shape index (κ3) is 2.48. The summed E-state index contributed by atoms with van der Waals surface area (Å²) >= 11 is 1.66. The summed E-state index contributed by atoms with van der Waals surface area (Å²) in [6, 6.07) is 11.0. The molecule has 1 fully saturated rings. The lowest BCUT2D eigenvalue weighted by Crippen LogP contribution is -2.39. The van der Waals surface area contributed by atoms with Gasteiger partial charge in [-0.25, -0.2) is 4.98 Å². The number of hydrogen-bond donors (Lipinski definition) is 2. The van der Waals surface area contributed by atoms with E-state index < -0.39 is 0 Å². The number of nitrogens with zero attached hydrogens (tertiary/aromatic N) is 2. The maximum atomic E-state index is 5.79. The number of nitrogens with one attached hydrogen (secondary N) is 1. The van der Waals surface area contributed by atoms with Crippen LogP contribution in [0.3, 0.4) is 0 Å². The first kappa shape index (κ1) is 13.0. The van der Waals surface area contributed by atoms with Gasteiger partial charge in [0, 0.05) is 30.2 Å². The molecule has 1 aromatic carbocycles. The number of benzene rings is 1. The number of hydrogen-bond acceptors (Lipinski definition) is 4. The molecule has 3 aromatic rings. The fourth-order valence-corrected chi connectivity index (χ4v) is 3.90. The molecule has 108 valence electrons. The van der Waals surface area contributed by atoms with Gasteiger partial charge in [-0.05, 0) is 23.8 Å². The number of imidazole rings is 1. The van der Waals surface area contributed by atoms with Crippen molar-refractivity contribution >= 4 is 16.3 Å². The molecule has 4 rings (SSSR count). The van der Waals surface area contributed by atoms with Gasteiger partial charge in [0.1, 0.15) is 0 Å². The summed E-state index contributed by atoms with van der Waals surface area (Å²) in [5.74, 6) is 7.03. The predicted octanol–water partition coefficient (Wildman–Crippen LogP) is 2.57. The molecule has 1 aliphatic rings. The molecule has 0 amide bonds. The number of nitrogens with two attached hydrogens (primary N) is 1. The van der Waals surface area contributed by atoms with Crippen molar-refractivity contribution in [3.05, 3.63) is 59.4 Å². The smallest absolute Gasteiger partial charge is 0.193 e. The summed E-state index contributed by atoms with van der Waals surface area (Å²) in [5.41, 5.74) is 5.54. The van der Waals surface area contributed by atoms with Crippen LogP contribution in [0.2, 0.25) is 0 Å². The first-order chi connectivity index (χ1) is 10.3. The van der Waals surface area contributed by atoms with Crippen molar-refractivity contribution in [1.82, 2.24) is 14.8 Å². The molecule has 3 atom stereocenters. The summed E-state index contributed by atoms with van der Waals surface area (Å²) < 4.78 is 2.08. The van der Waals surface area contributed by atoms with Gasteiger partial charge < -0.3 is 0 Å². The molecule has 1 aliphatic carbocycles. The highest BCUT2D eigenvalue weighted by Crippen LogP contribution is 2.49. The second-order valence-electron chi connectivity index (χ2n) is 5.72. The average molecular weight is 298 g/mol. The van der Waals surface area contributed by atoms with Crippen LogP contribution < -0.4 is 11.3 Å². The molecule has 2 heterocycles. The van der Waals surface area contributed by atoms with Crippen LogP contribution in [0.1, 0.15) is 23.6 Å². The van der Waals surface area contributed by atoms with Crippen molar-refractivity contribution < 1.29 is 0 Å². The van der Waals surface area contributed by atoms with E-state index in [4.69, 9.17) is 5.84 Å². The lowest BCUT2D eigenvalue weighted by atomic mass is 10.0. The Morgan fingerprint density at radius 1 is 1.38 bits per heavy atom. The lowest BCUT2D eigenvalue weighted by molar-refractivity contribution is 0.461. The summed E-state index contributed by atoms with van der Waals surface area (Å²) in [5, 5.41) is 2.05. The molecule has 0 aliphatic heterocycles. The maximum Gasteiger partial charge on any atom is 0.193 e. The molecule has 5 heteroatoms. The highest BCUT2D eigenvalue weighted by Gasteiger charge is 2.43. The summed E-state index contributed by atoms with van der Waals surface area (Å²) in [4.78, 5) is 5.71. The highest BCUT2D eigenvalue weighted by molar-refractivity contribution is 7.15. The zero-order chi connectivity index (χ0) is 14.2. The number of rotatable bonds is 5. The number of fused-ring (bicyclic) bond motifs is 1. The molecule has 0 radical (unpaired) electrons. The van der Waals surface area contributed by atoms with E-state index in [1.165, 1.54) is 12.0 Å². The Morgan fingerprint density at radius 2 is 2.24 bits per heavy atom. The Labute approximate surface area is 127 Å². The van der Waals surface area contributed by atoms with Gasteiger partial charge in [-0.2, -0.15) is 0 Å². The van der Waals surface area contributed by atoms with Gasteiger partial charge in [0.25, 0.3) is 0 Å². The first-order valence-corrected chi connectivity index (χ1v) is 8.15. The largest absolute Gasteiger partial charge is 0.297 e. The predicted molar refractivity (Wildman–Crippen MR) is 85.2 cm³/mol. The fraction of sp³-hybridized carbons (Fsp3) is 0.312. The van der Waals surface area contributed by atoms with Crippen molar-refractivity contribution in [1.29, 1.82) is 0 Å². The van der Waals surface area contributed by atoms with Crippen molar-refractivity contribution in [2.45, 2.75) is 24.8 Å². The van der Waals surface area contributed by atoms with E-state index in [1.807, 2.05) is 6.20 Å². The first-order valence-electron chi connectivity index (χ1n) is 7.27. The van der Waals surface area contributed by atoms with Crippen molar-refractivity contribution in [3.8, 4) is 0 Å². The Hall–Kier alpha value is -1.69. The van der Waals surface area contributed by atoms with Crippen LogP contribution in [0.4, 0.5) is 0 Å². The fourth-order valence-electron chi connectivity index (χ4n) is 3.18. The SMILES string of the molecule is NNC(Cc1cn2ccsc2n1)C1CC1c1ccccc1. The van der Waals surface area contributed by atoms with Crippen molar-refractivity contribution in [2.24, 2.45) is 11.8 Å². The topological polar surface area (TPSA) is 55.3 Å². The standard InChI is InChI=1S/C16H18N4S/c17-19-15(8-12-10-20-6-7-21-16(20)18-12)14-9-13(14)11-4-2-1-3-5-11/h1-7,10,13-15,19H,8-9,17H2. The molecule has 1 saturated carbocycles. The van der Waals surface area contributed by atoms with Crippen LogP contribution in [0.15, 0.2) is 48.1 Å². The lowest BCUT2D eigenvalue weighted by Gasteiger charge is -2.14. The Kier molecular flexibility index (Phi) is 3.25. The van der Waals surface area contributed by atoms with Crippen LogP contribution in [-0.2, 0) is 6.42 Å². The molecule has 21 heavy (non-hydrogen) atoms. The molecule has 4 nitrogen and oxygen atoms in total. The number of hydrazine groups is 1. The summed E-state index contributed by atoms with van der Waals surface area (Å²) in [6.07, 6.45) is 6.25. The molecule has 0 saturated heterocycles. The van der Waals surface area contributed by atoms with E-state index >= 15 is 0 Å². The minimum Gasteiger partial charge on any atom is -0.297 e. The molecule has 0 spiro atoms. The second kappa shape index (κ2) is 5.26. The van der Waals surface area contributed by atoms with E-state index in [-0.39, 0.29) is 0 Å². The van der Waals surface area contributed by atoms with Crippen LogP contribution in [0, 0.1) is 5.92 Å². The van der Waals surface area contributed by atoms with Gasteiger partial charge in [-0.3, -0.25) is 15.7 Å². The van der Waals surface area contributed by atoms with E-state index in [0.717, 1.165) is 17.1 Å². The minimum absolute atomic E-state index is 0.291. The van der Waals surface area contributed by atoms with E-state index in [1.54, 1.807) is 11.3 Å². The zero-order valence-electron chi connectivity index (χ0n) is 11.6. The molecular formula is C16H18N4S. The summed E-state index contributed by atoms with van der Waals surface area (Å²) in [7, 11) is 0. The Bertz CT molecular complexity index is 704. The monoisotopic (exact) mass is 298 g/mol. The highest BCUT2D eigenvalue weighted by atomic mass is 32.1.